The number of nitrogens with zero attached hydrogens (tertiary/aromatic N) is 2. The van der Waals surface area contributed by atoms with Gasteiger partial charge in [-0.05, 0) is 44.0 Å². The molecule has 2 aromatic rings. The van der Waals surface area contributed by atoms with Crippen molar-refractivity contribution in [2.45, 2.75) is 32.7 Å². The van der Waals surface area contributed by atoms with E-state index in [9.17, 15) is 0 Å². The van der Waals surface area contributed by atoms with Crippen molar-refractivity contribution >= 4 is 0 Å². The van der Waals surface area contributed by atoms with Gasteiger partial charge in [0.15, 0.2) is 0 Å². The summed E-state index contributed by atoms with van der Waals surface area (Å²) in [4.78, 5) is 4.72. The molecule has 0 spiro atoms. The Kier molecular flexibility index (Phi) is 3.05. The minimum atomic E-state index is 0.706. The van der Waals surface area contributed by atoms with Crippen molar-refractivity contribution in [3.8, 4) is 17.0 Å². The Morgan fingerprint density at radius 3 is 2.78 bits per heavy atom. The summed E-state index contributed by atoms with van der Waals surface area (Å²) in [6, 6.07) is 8.19. The molecule has 0 saturated carbocycles. The molecule has 2 heterocycles. The zero-order valence-electron chi connectivity index (χ0n) is 10.7. The van der Waals surface area contributed by atoms with Crippen LogP contribution >= 0.6 is 0 Å². The standard InChI is InChI=1S/C15H18N2O/c1-2-18-13-8-6-12(7-9-13)14-11-17-10-4-3-5-15(17)16-14/h6-9,11H,2-5,10H2,1H3. The van der Waals surface area contributed by atoms with Crippen LogP contribution in [0.15, 0.2) is 30.5 Å². The van der Waals surface area contributed by atoms with Crippen LogP contribution in [-0.4, -0.2) is 16.2 Å². The molecule has 1 aromatic heterocycles. The highest BCUT2D eigenvalue weighted by Crippen LogP contribution is 2.24. The minimum absolute atomic E-state index is 0.706. The van der Waals surface area contributed by atoms with E-state index in [1.54, 1.807) is 0 Å². The SMILES string of the molecule is CCOc1ccc(-c2cn3c(n2)CCCC3)cc1. The molecule has 0 radical (unpaired) electrons. The Morgan fingerprint density at radius 2 is 2.06 bits per heavy atom. The summed E-state index contributed by atoms with van der Waals surface area (Å²) in [6.45, 7) is 3.81. The normalized spacial score (nSPS) is 14.3. The summed E-state index contributed by atoms with van der Waals surface area (Å²) in [5, 5.41) is 0. The first-order valence-corrected chi connectivity index (χ1v) is 6.66. The largest absolute Gasteiger partial charge is 0.494 e. The molecule has 0 saturated heterocycles. The summed E-state index contributed by atoms with van der Waals surface area (Å²) >= 11 is 0. The first-order chi connectivity index (χ1) is 8.86. The lowest BCUT2D eigenvalue weighted by atomic mass is 10.2. The van der Waals surface area contributed by atoms with Crippen molar-refractivity contribution in [3.63, 3.8) is 0 Å². The predicted octanol–water partition coefficient (Wildman–Crippen LogP) is 3.29. The summed E-state index contributed by atoms with van der Waals surface area (Å²) in [5.74, 6) is 2.15. The first-order valence-electron chi connectivity index (χ1n) is 6.66. The van der Waals surface area contributed by atoms with Crippen molar-refractivity contribution in [2.75, 3.05) is 6.61 Å². The molecule has 1 aromatic carbocycles. The highest BCUT2D eigenvalue weighted by atomic mass is 16.5. The summed E-state index contributed by atoms with van der Waals surface area (Å²) < 4.78 is 7.74. The molecule has 18 heavy (non-hydrogen) atoms. The molecule has 94 valence electrons. The molecule has 1 aliphatic heterocycles. The van der Waals surface area contributed by atoms with E-state index >= 15 is 0 Å². The molecule has 1 aliphatic rings. The Labute approximate surface area is 107 Å². The maximum absolute atomic E-state index is 5.45. The second-order valence-electron chi connectivity index (χ2n) is 4.65. The molecule has 0 bridgehead atoms. The third-order valence-corrected chi connectivity index (χ3v) is 3.37. The van der Waals surface area contributed by atoms with Gasteiger partial charge in [-0.1, -0.05) is 0 Å². The van der Waals surface area contributed by atoms with Gasteiger partial charge in [-0.25, -0.2) is 4.98 Å². The van der Waals surface area contributed by atoms with E-state index in [4.69, 9.17) is 9.72 Å². The van der Waals surface area contributed by atoms with Crippen LogP contribution in [0.3, 0.4) is 0 Å². The van der Waals surface area contributed by atoms with Gasteiger partial charge < -0.3 is 9.30 Å². The highest BCUT2D eigenvalue weighted by Gasteiger charge is 2.12. The molecular weight excluding hydrogens is 224 g/mol. The van der Waals surface area contributed by atoms with Crippen molar-refractivity contribution in [1.29, 1.82) is 0 Å². The molecule has 3 nitrogen and oxygen atoms in total. The van der Waals surface area contributed by atoms with Crippen LogP contribution in [0, 0.1) is 0 Å². The average Bonchev–Trinajstić information content (AvgIpc) is 2.84. The molecule has 3 heteroatoms. The van der Waals surface area contributed by atoms with Crippen molar-refractivity contribution in [3.05, 3.63) is 36.3 Å². The lowest BCUT2D eigenvalue weighted by Crippen LogP contribution is -2.08. The van der Waals surface area contributed by atoms with Gasteiger partial charge in [-0.15, -0.1) is 0 Å². The summed E-state index contributed by atoms with van der Waals surface area (Å²) in [6.07, 6.45) is 5.81. The fourth-order valence-corrected chi connectivity index (χ4v) is 2.44. The smallest absolute Gasteiger partial charge is 0.119 e. The molecule has 0 fully saturated rings. The molecule has 0 atom stereocenters. The van der Waals surface area contributed by atoms with Gasteiger partial charge in [0.25, 0.3) is 0 Å². The van der Waals surface area contributed by atoms with E-state index in [1.165, 1.54) is 24.2 Å². The van der Waals surface area contributed by atoms with E-state index < -0.39 is 0 Å². The number of hydrogen-bond donors (Lipinski definition) is 0. The van der Waals surface area contributed by atoms with Crippen LogP contribution < -0.4 is 4.74 Å². The zero-order valence-corrected chi connectivity index (χ0v) is 10.7. The average molecular weight is 242 g/mol. The van der Waals surface area contributed by atoms with Crippen LogP contribution in [0.5, 0.6) is 5.75 Å². The zero-order chi connectivity index (χ0) is 12.4. The third kappa shape index (κ3) is 2.13. The number of benzene rings is 1. The molecule has 0 aliphatic carbocycles. The lowest BCUT2D eigenvalue weighted by Gasteiger charge is -2.11. The predicted molar refractivity (Wildman–Crippen MR) is 71.8 cm³/mol. The van der Waals surface area contributed by atoms with Gasteiger partial charge in [-0.3, -0.25) is 0 Å². The van der Waals surface area contributed by atoms with Gasteiger partial charge in [0.05, 0.1) is 12.3 Å². The molecule has 0 N–H and O–H groups in total. The molecular formula is C15H18N2O. The number of aryl methyl sites for hydroxylation is 2. The summed E-state index contributed by atoms with van der Waals surface area (Å²) in [5.41, 5.74) is 2.25. The van der Waals surface area contributed by atoms with E-state index in [-0.39, 0.29) is 0 Å². The second-order valence-corrected chi connectivity index (χ2v) is 4.65. The topological polar surface area (TPSA) is 27.1 Å². The Morgan fingerprint density at radius 1 is 1.22 bits per heavy atom. The Balaban J connectivity index is 1.87. The van der Waals surface area contributed by atoms with E-state index in [2.05, 4.69) is 22.9 Å². The minimum Gasteiger partial charge on any atom is -0.494 e. The van der Waals surface area contributed by atoms with E-state index in [0.29, 0.717) is 6.61 Å². The fourth-order valence-electron chi connectivity index (χ4n) is 2.44. The van der Waals surface area contributed by atoms with Crippen molar-refractivity contribution < 1.29 is 4.74 Å². The Hall–Kier alpha value is -1.77. The van der Waals surface area contributed by atoms with Crippen molar-refractivity contribution in [1.82, 2.24) is 9.55 Å². The van der Waals surface area contributed by atoms with Gasteiger partial charge in [0.2, 0.25) is 0 Å². The number of imidazole rings is 1. The molecule has 0 unspecified atom stereocenters. The molecule has 0 amide bonds. The van der Waals surface area contributed by atoms with Gasteiger partial charge in [0.1, 0.15) is 11.6 Å². The number of hydrogen-bond acceptors (Lipinski definition) is 2. The first kappa shape index (κ1) is 11.3. The quantitative estimate of drug-likeness (QED) is 0.825. The van der Waals surface area contributed by atoms with Gasteiger partial charge in [-0.2, -0.15) is 0 Å². The van der Waals surface area contributed by atoms with Crippen LogP contribution in [0.4, 0.5) is 0 Å². The van der Waals surface area contributed by atoms with Crippen LogP contribution in [0.1, 0.15) is 25.6 Å². The number of rotatable bonds is 3. The van der Waals surface area contributed by atoms with Crippen LogP contribution in [0.25, 0.3) is 11.3 Å². The Bertz CT molecular complexity index is 504. The maximum atomic E-state index is 5.45. The third-order valence-electron chi connectivity index (χ3n) is 3.37. The fraction of sp³-hybridized carbons (Fsp3) is 0.400. The lowest BCUT2D eigenvalue weighted by molar-refractivity contribution is 0.340. The van der Waals surface area contributed by atoms with Crippen LogP contribution in [0.2, 0.25) is 0 Å². The second kappa shape index (κ2) is 4.84. The highest BCUT2D eigenvalue weighted by molar-refractivity contribution is 5.59. The van der Waals surface area contributed by atoms with Gasteiger partial charge >= 0.3 is 0 Å². The van der Waals surface area contributed by atoms with E-state index in [0.717, 1.165) is 24.4 Å². The maximum Gasteiger partial charge on any atom is 0.119 e. The number of ether oxygens (including phenoxy) is 1. The number of fused-ring (bicyclic) bond motifs is 1. The van der Waals surface area contributed by atoms with Crippen molar-refractivity contribution in [2.24, 2.45) is 0 Å². The summed E-state index contributed by atoms with van der Waals surface area (Å²) in [7, 11) is 0. The van der Waals surface area contributed by atoms with Gasteiger partial charge in [0, 0.05) is 24.7 Å². The van der Waals surface area contributed by atoms with Crippen LogP contribution in [-0.2, 0) is 13.0 Å². The van der Waals surface area contributed by atoms with E-state index in [1.807, 2.05) is 19.1 Å². The molecule has 3 rings (SSSR count). The monoisotopic (exact) mass is 242 g/mol. The number of aromatic nitrogens is 2.